The monoisotopic (exact) mass is 298 g/mol. The molecular weight excluding hydrogens is 280 g/mol. The van der Waals surface area contributed by atoms with Gasteiger partial charge in [-0.2, -0.15) is 0 Å². The molecule has 0 spiro atoms. The van der Waals surface area contributed by atoms with E-state index >= 15 is 0 Å². The van der Waals surface area contributed by atoms with Crippen molar-refractivity contribution in [2.75, 3.05) is 26.2 Å². The molecule has 1 fully saturated rings. The van der Waals surface area contributed by atoms with Crippen molar-refractivity contribution in [1.29, 1.82) is 0 Å². The summed E-state index contributed by atoms with van der Waals surface area (Å²) >= 11 is 0. The van der Waals surface area contributed by atoms with Gasteiger partial charge in [-0.25, -0.2) is 0 Å². The van der Waals surface area contributed by atoms with Crippen LogP contribution < -0.4 is 0 Å². The third kappa shape index (κ3) is 3.03. The summed E-state index contributed by atoms with van der Waals surface area (Å²) in [6.07, 6.45) is 3.73. The average molecular weight is 298 g/mol. The van der Waals surface area contributed by atoms with Gasteiger partial charge >= 0.3 is 0 Å². The highest BCUT2D eigenvalue weighted by Crippen LogP contribution is 2.12. The Hall–Kier alpha value is -2.56. The van der Waals surface area contributed by atoms with E-state index in [2.05, 4.69) is 0 Å². The van der Waals surface area contributed by atoms with E-state index in [1.165, 1.54) is 12.5 Å². The quantitative estimate of drug-likeness (QED) is 0.854. The normalized spacial score (nSPS) is 15.5. The van der Waals surface area contributed by atoms with Crippen LogP contribution in [0.5, 0.6) is 0 Å². The average Bonchev–Trinajstić information content (AvgIpc) is 2.99. The van der Waals surface area contributed by atoms with E-state index in [0.29, 0.717) is 37.3 Å². The Morgan fingerprint density at radius 2 is 1.45 bits per heavy atom. The maximum absolute atomic E-state index is 12.5. The van der Waals surface area contributed by atoms with E-state index in [0.717, 1.165) is 6.42 Å². The lowest BCUT2D eigenvalue weighted by atomic mass is 10.2. The molecular formula is C17H18N2O3. The van der Waals surface area contributed by atoms with Crippen LogP contribution in [0.3, 0.4) is 0 Å². The first kappa shape index (κ1) is 14.4. The molecule has 1 aromatic carbocycles. The number of benzene rings is 1. The zero-order chi connectivity index (χ0) is 15.4. The molecule has 1 saturated heterocycles. The Labute approximate surface area is 129 Å². The zero-order valence-electron chi connectivity index (χ0n) is 12.3. The van der Waals surface area contributed by atoms with Gasteiger partial charge in [-0.3, -0.25) is 9.59 Å². The molecule has 0 saturated carbocycles. The van der Waals surface area contributed by atoms with Crippen molar-refractivity contribution < 1.29 is 14.0 Å². The molecule has 2 amide bonds. The number of rotatable bonds is 2. The number of carbonyl (C=O) groups excluding carboxylic acids is 2. The van der Waals surface area contributed by atoms with E-state index in [1.807, 2.05) is 35.2 Å². The maximum Gasteiger partial charge on any atom is 0.257 e. The first-order valence-corrected chi connectivity index (χ1v) is 7.41. The Kier molecular flexibility index (Phi) is 4.23. The molecule has 3 rings (SSSR count). The summed E-state index contributed by atoms with van der Waals surface area (Å²) < 4.78 is 4.96. The largest absolute Gasteiger partial charge is 0.472 e. The highest BCUT2D eigenvalue weighted by molar-refractivity contribution is 5.95. The first-order chi connectivity index (χ1) is 10.8. The van der Waals surface area contributed by atoms with Crippen LogP contribution in [0.25, 0.3) is 0 Å². The standard InChI is InChI=1S/C17H18N2O3/c20-16(14-5-2-1-3-6-14)18-8-4-9-19(11-10-18)17(21)15-7-12-22-13-15/h1-3,5-7,12-13H,4,8-11H2. The van der Waals surface area contributed by atoms with E-state index in [9.17, 15) is 9.59 Å². The predicted molar refractivity (Wildman–Crippen MR) is 81.6 cm³/mol. The van der Waals surface area contributed by atoms with Gasteiger partial charge in [-0.05, 0) is 24.6 Å². The van der Waals surface area contributed by atoms with Crippen LogP contribution >= 0.6 is 0 Å². The molecule has 1 aliphatic rings. The molecule has 114 valence electrons. The van der Waals surface area contributed by atoms with Gasteiger partial charge in [-0.1, -0.05) is 18.2 Å². The lowest BCUT2D eigenvalue weighted by molar-refractivity contribution is 0.0718. The summed E-state index contributed by atoms with van der Waals surface area (Å²) in [4.78, 5) is 28.4. The molecule has 5 nitrogen and oxygen atoms in total. The Balaban J connectivity index is 1.65. The fraction of sp³-hybridized carbons (Fsp3) is 0.294. The predicted octanol–water partition coefficient (Wildman–Crippen LogP) is 2.27. The second-order valence-corrected chi connectivity index (χ2v) is 5.32. The van der Waals surface area contributed by atoms with Crippen LogP contribution in [0.1, 0.15) is 27.1 Å². The SMILES string of the molecule is O=C(c1ccccc1)N1CCCN(C(=O)c2ccoc2)CC1. The molecule has 1 aromatic heterocycles. The van der Waals surface area contributed by atoms with Crippen molar-refractivity contribution in [3.05, 3.63) is 60.1 Å². The second-order valence-electron chi connectivity index (χ2n) is 5.32. The van der Waals surface area contributed by atoms with Gasteiger partial charge < -0.3 is 14.2 Å². The first-order valence-electron chi connectivity index (χ1n) is 7.41. The maximum atomic E-state index is 12.5. The van der Waals surface area contributed by atoms with E-state index < -0.39 is 0 Å². The fourth-order valence-electron chi connectivity index (χ4n) is 2.66. The highest BCUT2D eigenvalue weighted by atomic mass is 16.3. The number of amides is 2. The molecule has 0 bridgehead atoms. The summed E-state index contributed by atoms with van der Waals surface area (Å²) in [5.74, 6) is -0.0130. The summed E-state index contributed by atoms with van der Waals surface area (Å²) in [6.45, 7) is 2.42. The molecule has 0 unspecified atom stereocenters. The number of furan rings is 1. The molecule has 0 N–H and O–H groups in total. The van der Waals surface area contributed by atoms with Crippen molar-refractivity contribution >= 4 is 11.8 Å². The van der Waals surface area contributed by atoms with Crippen molar-refractivity contribution in [1.82, 2.24) is 9.80 Å². The molecule has 1 aliphatic heterocycles. The number of carbonyl (C=O) groups is 2. The summed E-state index contributed by atoms with van der Waals surface area (Å²) in [5, 5.41) is 0. The van der Waals surface area contributed by atoms with E-state index in [-0.39, 0.29) is 11.8 Å². The minimum Gasteiger partial charge on any atom is -0.472 e. The van der Waals surface area contributed by atoms with Crippen LogP contribution in [0.2, 0.25) is 0 Å². The van der Waals surface area contributed by atoms with Gasteiger partial charge in [-0.15, -0.1) is 0 Å². The van der Waals surface area contributed by atoms with Gasteiger partial charge in [0.25, 0.3) is 11.8 Å². The molecule has 0 atom stereocenters. The highest BCUT2D eigenvalue weighted by Gasteiger charge is 2.23. The molecule has 0 aliphatic carbocycles. The Morgan fingerprint density at radius 3 is 2.05 bits per heavy atom. The van der Waals surface area contributed by atoms with Crippen LogP contribution in [0, 0.1) is 0 Å². The fourth-order valence-corrected chi connectivity index (χ4v) is 2.66. The second kappa shape index (κ2) is 6.47. The van der Waals surface area contributed by atoms with Crippen molar-refractivity contribution in [3.63, 3.8) is 0 Å². The number of hydrogen-bond acceptors (Lipinski definition) is 3. The minimum absolute atomic E-state index is 0.0261. The van der Waals surface area contributed by atoms with Crippen molar-refractivity contribution in [2.24, 2.45) is 0 Å². The van der Waals surface area contributed by atoms with Crippen LogP contribution in [-0.4, -0.2) is 47.8 Å². The van der Waals surface area contributed by atoms with Crippen molar-refractivity contribution in [3.8, 4) is 0 Å². The van der Waals surface area contributed by atoms with Crippen LogP contribution in [0.15, 0.2) is 53.3 Å². The Morgan fingerprint density at radius 1 is 0.818 bits per heavy atom. The summed E-state index contributed by atoms with van der Waals surface area (Å²) in [7, 11) is 0. The summed E-state index contributed by atoms with van der Waals surface area (Å²) in [6, 6.07) is 10.9. The lowest BCUT2D eigenvalue weighted by Gasteiger charge is -2.22. The smallest absolute Gasteiger partial charge is 0.257 e. The minimum atomic E-state index is -0.0391. The summed E-state index contributed by atoms with van der Waals surface area (Å²) in [5.41, 5.74) is 1.25. The van der Waals surface area contributed by atoms with Gasteiger partial charge in [0.15, 0.2) is 0 Å². The molecule has 2 aromatic rings. The molecule has 22 heavy (non-hydrogen) atoms. The van der Waals surface area contributed by atoms with E-state index in [4.69, 9.17) is 4.42 Å². The zero-order valence-corrected chi connectivity index (χ0v) is 12.3. The van der Waals surface area contributed by atoms with Gasteiger partial charge in [0.2, 0.25) is 0 Å². The van der Waals surface area contributed by atoms with Gasteiger partial charge in [0.05, 0.1) is 11.8 Å². The molecule has 2 heterocycles. The van der Waals surface area contributed by atoms with Gasteiger partial charge in [0, 0.05) is 31.7 Å². The number of hydrogen-bond donors (Lipinski definition) is 0. The third-order valence-electron chi connectivity index (χ3n) is 3.86. The topological polar surface area (TPSA) is 53.8 Å². The van der Waals surface area contributed by atoms with Crippen molar-refractivity contribution in [2.45, 2.75) is 6.42 Å². The van der Waals surface area contributed by atoms with E-state index in [1.54, 1.807) is 11.0 Å². The third-order valence-corrected chi connectivity index (χ3v) is 3.86. The van der Waals surface area contributed by atoms with Crippen LogP contribution in [-0.2, 0) is 0 Å². The molecule has 0 radical (unpaired) electrons. The molecule has 5 heteroatoms. The van der Waals surface area contributed by atoms with Crippen LogP contribution in [0.4, 0.5) is 0 Å². The lowest BCUT2D eigenvalue weighted by Crippen LogP contribution is -2.37. The van der Waals surface area contributed by atoms with Gasteiger partial charge in [0.1, 0.15) is 6.26 Å². The number of nitrogens with zero attached hydrogens (tertiary/aromatic N) is 2. The Bertz CT molecular complexity index is 637.